The van der Waals surface area contributed by atoms with E-state index in [1.54, 1.807) is 24.5 Å². The molecule has 3 amide bonds. The highest BCUT2D eigenvalue weighted by molar-refractivity contribution is 5.95. The molecule has 2 aromatic heterocycles. The Labute approximate surface area is 217 Å². The van der Waals surface area contributed by atoms with Gasteiger partial charge in [0.15, 0.2) is 0 Å². The van der Waals surface area contributed by atoms with Gasteiger partial charge < -0.3 is 15.5 Å². The number of halogens is 3. The molecule has 1 saturated carbocycles. The van der Waals surface area contributed by atoms with Crippen LogP contribution in [0.15, 0.2) is 30.7 Å². The number of rotatable bonds is 5. The predicted octanol–water partition coefficient (Wildman–Crippen LogP) is 2.89. The molecule has 2 fully saturated rings. The normalized spacial score (nSPS) is 23.7. The van der Waals surface area contributed by atoms with Crippen LogP contribution in [0.2, 0.25) is 0 Å². The number of carbonyl (C=O) groups is 3. The standard InChI is InChI=1S/C26H29F3N6O3/c1-24(2,3)20(34-23(38)26(27,28)29)22(37)35-12-15-17(25(15,4)5)19(35)21(36)33-16(9-30)14-11-31-10-13-7-6-8-32-18(13)14/h6-8,10-11,15-17,19-20H,12H2,1-5H3,(H,33,36)(H,34,38)/t15-,16?,17-,19-,20?/m0/s1. The molecule has 0 bridgehead atoms. The van der Waals surface area contributed by atoms with Crippen molar-refractivity contribution in [1.29, 1.82) is 5.26 Å². The fourth-order valence-electron chi connectivity index (χ4n) is 5.48. The average Bonchev–Trinajstić information content (AvgIpc) is 3.16. The summed E-state index contributed by atoms with van der Waals surface area (Å²) in [5.41, 5.74) is -0.486. The summed E-state index contributed by atoms with van der Waals surface area (Å²) >= 11 is 0. The Kier molecular flexibility index (Phi) is 6.62. The Bertz CT molecular complexity index is 1320. The highest BCUT2D eigenvalue weighted by atomic mass is 19.4. The van der Waals surface area contributed by atoms with Crippen molar-refractivity contribution in [3.8, 4) is 6.07 Å². The van der Waals surface area contributed by atoms with Gasteiger partial charge in [-0.15, -0.1) is 0 Å². The van der Waals surface area contributed by atoms with Crippen LogP contribution in [-0.2, 0) is 14.4 Å². The minimum absolute atomic E-state index is 0.0532. The van der Waals surface area contributed by atoms with Crippen molar-refractivity contribution in [2.24, 2.45) is 22.7 Å². The third-order valence-electron chi connectivity index (χ3n) is 7.67. The molecule has 0 aromatic carbocycles. The highest BCUT2D eigenvalue weighted by Gasteiger charge is 2.70. The van der Waals surface area contributed by atoms with Gasteiger partial charge in [0.2, 0.25) is 11.8 Å². The first-order valence-electron chi connectivity index (χ1n) is 12.2. The summed E-state index contributed by atoms with van der Waals surface area (Å²) < 4.78 is 39.1. The third kappa shape index (κ3) is 4.77. The average molecular weight is 531 g/mol. The number of alkyl halides is 3. The number of amides is 3. The quantitative estimate of drug-likeness (QED) is 0.612. The molecule has 2 aliphatic rings. The van der Waals surface area contributed by atoms with Gasteiger partial charge >= 0.3 is 12.1 Å². The molecule has 1 aliphatic carbocycles. The van der Waals surface area contributed by atoms with Gasteiger partial charge in [0, 0.05) is 36.1 Å². The van der Waals surface area contributed by atoms with Gasteiger partial charge in [-0.2, -0.15) is 18.4 Å². The molecular formula is C26H29F3N6O3. The maximum atomic E-state index is 13.7. The van der Waals surface area contributed by atoms with Crippen molar-refractivity contribution < 1.29 is 27.6 Å². The number of piperidine rings is 1. The SMILES string of the molecule is CC(C)(C)C(NC(=O)C(F)(F)F)C(=O)N1C[C@H]2[C@@H]([C@H]1C(=O)NC(C#N)c1cncc3cccnc13)C2(C)C. The number of hydrogen-bond donors (Lipinski definition) is 2. The molecule has 2 aromatic rings. The van der Waals surface area contributed by atoms with Gasteiger partial charge in [-0.1, -0.05) is 34.6 Å². The van der Waals surface area contributed by atoms with Crippen molar-refractivity contribution in [3.05, 3.63) is 36.3 Å². The summed E-state index contributed by atoms with van der Waals surface area (Å²) in [5.74, 6) is -3.92. The van der Waals surface area contributed by atoms with Crippen LogP contribution < -0.4 is 10.6 Å². The van der Waals surface area contributed by atoms with Crippen molar-refractivity contribution in [2.45, 2.75) is 58.9 Å². The summed E-state index contributed by atoms with van der Waals surface area (Å²) in [7, 11) is 0. The van der Waals surface area contributed by atoms with E-state index in [-0.39, 0.29) is 23.8 Å². The summed E-state index contributed by atoms with van der Waals surface area (Å²) in [6, 6.07) is 1.86. The molecule has 1 saturated heterocycles. The number of fused-ring (bicyclic) bond motifs is 2. The summed E-state index contributed by atoms with van der Waals surface area (Å²) in [6.07, 6.45) is -0.596. The number of nitrogens with one attached hydrogen (secondary N) is 2. The monoisotopic (exact) mass is 530 g/mol. The van der Waals surface area contributed by atoms with Gasteiger partial charge in [0.1, 0.15) is 18.1 Å². The number of hydrogen-bond acceptors (Lipinski definition) is 6. The first-order valence-corrected chi connectivity index (χ1v) is 12.2. The van der Waals surface area contributed by atoms with Crippen LogP contribution in [0.25, 0.3) is 10.9 Å². The largest absolute Gasteiger partial charge is 0.471 e. The van der Waals surface area contributed by atoms with Crippen LogP contribution in [0.1, 0.15) is 46.2 Å². The van der Waals surface area contributed by atoms with Crippen LogP contribution in [0.5, 0.6) is 0 Å². The number of nitriles is 1. The first kappa shape index (κ1) is 27.3. The zero-order valence-electron chi connectivity index (χ0n) is 21.6. The number of likely N-dealkylation sites (tertiary alicyclic amines) is 1. The third-order valence-corrected chi connectivity index (χ3v) is 7.67. The van der Waals surface area contributed by atoms with Crippen molar-refractivity contribution in [2.75, 3.05) is 6.54 Å². The molecule has 2 N–H and O–H groups in total. The van der Waals surface area contributed by atoms with E-state index in [9.17, 15) is 32.8 Å². The highest BCUT2D eigenvalue weighted by Crippen LogP contribution is 2.65. The second-order valence-electron chi connectivity index (χ2n) is 11.5. The zero-order valence-corrected chi connectivity index (χ0v) is 21.6. The molecule has 5 atom stereocenters. The van der Waals surface area contributed by atoms with Gasteiger partial charge in [-0.05, 0) is 34.8 Å². The Morgan fingerprint density at radius 3 is 2.47 bits per heavy atom. The van der Waals surface area contributed by atoms with E-state index in [1.807, 2.05) is 19.2 Å². The fourth-order valence-corrected chi connectivity index (χ4v) is 5.48. The van der Waals surface area contributed by atoms with Gasteiger partial charge in [-0.3, -0.25) is 24.4 Å². The van der Waals surface area contributed by atoms with Gasteiger partial charge in [0.25, 0.3) is 0 Å². The van der Waals surface area contributed by atoms with Crippen LogP contribution in [0, 0.1) is 34.0 Å². The topological polar surface area (TPSA) is 128 Å². The molecule has 2 unspecified atom stereocenters. The molecular weight excluding hydrogens is 501 g/mol. The molecule has 12 heteroatoms. The minimum Gasteiger partial charge on any atom is -0.336 e. The smallest absolute Gasteiger partial charge is 0.336 e. The summed E-state index contributed by atoms with van der Waals surface area (Å²) in [6.45, 7) is 8.67. The van der Waals surface area contributed by atoms with Crippen LogP contribution in [-0.4, -0.2) is 57.4 Å². The Balaban J connectivity index is 1.63. The van der Waals surface area contributed by atoms with Crippen molar-refractivity contribution in [1.82, 2.24) is 25.5 Å². The van der Waals surface area contributed by atoms with E-state index in [4.69, 9.17) is 0 Å². The molecule has 38 heavy (non-hydrogen) atoms. The van der Waals surface area contributed by atoms with Crippen LogP contribution >= 0.6 is 0 Å². The molecule has 9 nitrogen and oxygen atoms in total. The second kappa shape index (κ2) is 9.22. The Morgan fingerprint density at radius 1 is 1.18 bits per heavy atom. The lowest BCUT2D eigenvalue weighted by Gasteiger charge is -2.37. The molecule has 4 rings (SSSR count). The van der Waals surface area contributed by atoms with E-state index in [2.05, 4.69) is 21.4 Å². The van der Waals surface area contributed by atoms with E-state index < -0.39 is 47.4 Å². The van der Waals surface area contributed by atoms with E-state index in [0.29, 0.717) is 16.5 Å². The molecule has 1 aliphatic heterocycles. The second-order valence-corrected chi connectivity index (χ2v) is 11.5. The lowest BCUT2D eigenvalue weighted by molar-refractivity contribution is -0.176. The lowest BCUT2D eigenvalue weighted by atomic mass is 9.85. The maximum Gasteiger partial charge on any atom is 0.471 e. The zero-order chi connectivity index (χ0) is 28.2. The summed E-state index contributed by atoms with van der Waals surface area (Å²) in [5, 5.41) is 15.1. The number of carbonyl (C=O) groups excluding carboxylic acids is 3. The number of nitrogens with zero attached hydrogens (tertiary/aromatic N) is 4. The number of aromatic nitrogens is 2. The fraction of sp³-hybridized carbons (Fsp3) is 0.538. The Hall–Kier alpha value is -3.75. The van der Waals surface area contributed by atoms with Crippen molar-refractivity contribution >= 4 is 28.6 Å². The molecule has 202 valence electrons. The van der Waals surface area contributed by atoms with E-state index >= 15 is 0 Å². The van der Waals surface area contributed by atoms with E-state index in [1.165, 1.54) is 31.9 Å². The van der Waals surface area contributed by atoms with Crippen LogP contribution in [0.3, 0.4) is 0 Å². The number of pyridine rings is 2. The maximum absolute atomic E-state index is 13.7. The Morgan fingerprint density at radius 2 is 1.87 bits per heavy atom. The summed E-state index contributed by atoms with van der Waals surface area (Å²) in [4.78, 5) is 48.7. The lowest BCUT2D eigenvalue weighted by Crippen LogP contribution is -2.60. The van der Waals surface area contributed by atoms with Crippen LogP contribution in [0.4, 0.5) is 13.2 Å². The van der Waals surface area contributed by atoms with Gasteiger partial charge in [0.05, 0.1) is 11.6 Å². The predicted molar refractivity (Wildman–Crippen MR) is 130 cm³/mol. The van der Waals surface area contributed by atoms with E-state index in [0.717, 1.165) is 0 Å². The molecule has 0 radical (unpaired) electrons. The van der Waals surface area contributed by atoms with Crippen molar-refractivity contribution in [3.63, 3.8) is 0 Å². The molecule has 3 heterocycles. The minimum atomic E-state index is -5.17. The molecule has 0 spiro atoms. The van der Waals surface area contributed by atoms with Gasteiger partial charge in [-0.25, -0.2) is 0 Å². The first-order chi connectivity index (χ1) is 17.6.